The van der Waals surface area contributed by atoms with Crippen molar-refractivity contribution in [2.45, 2.75) is 27.3 Å². The van der Waals surface area contributed by atoms with E-state index >= 15 is 0 Å². The number of allylic oxidation sites excluding steroid dienone is 2. The molecule has 1 aliphatic heterocycles. The second-order valence-corrected chi connectivity index (χ2v) is 5.15. The van der Waals surface area contributed by atoms with Crippen molar-refractivity contribution in [3.63, 3.8) is 0 Å². The number of hydrogen-bond donors (Lipinski definition) is 2. The van der Waals surface area contributed by atoms with Crippen molar-refractivity contribution in [3.8, 4) is 11.5 Å². The molecule has 0 radical (unpaired) electrons. The third-order valence-corrected chi connectivity index (χ3v) is 3.57. The summed E-state index contributed by atoms with van der Waals surface area (Å²) >= 11 is 0. The van der Waals surface area contributed by atoms with E-state index in [1.165, 1.54) is 7.11 Å². The normalized spacial score (nSPS) is 14.3. The highest BCUT2D eigenvalue weighted by Gasteiger charge is 2.16. The molecule has 23 heavy (non-hydrogen) atoms. The summed E-state index contributed by atoms with van der Waals surface area (Å²) in [5.74, 6) is 1.26. The monoisotopic (exact) mass is 318 g/mol. The predicted molar refractivity (Wildman–Crippen MR) is 86.7 cm³/mol. The standard InChI is InChI=1S/C17H22N2O4/c1-5-11(2)16(12(3)19-21-4)17(20)18-9-13-6-7-14-15(8-13)23-10-22-14/h5-8,19H,9-10H2,1-4H3,(H,18,20)/b11-5-,16-12+. The Kier molecular flexibility index (Phi) is 5.65. The van der Waals surface area contributed by atoms with Crippen LogP contribution in [0.25, 0.3) is 0 Å². The van der Waals surface area contributed by atoms with E-state index in [1.807, 2.05) is 38.1 Å². The molecular formula is C17H22N2O4. The van der Waals surface area contributed by atoms with Crippen LogP contribution >= 0.6 is 0 Å². The van der Waals surface area contributed by atoms with Gasteiger partial charge in [0, 0.05) is 12.2 Å². The smallest absolute Gasteiger partial charge is 0.253 e. The summed E-state index contributed by atoms with van der Waals surface area (Å²) in [6.45, 7) is 6.21. The summed E-state index contributed by atoms with van der Waals surface area (Å²) in [6, 6.07) is 5.62. The first kappa shape index (κ1) is 16.9. The average molecular weight is 318 g/mol. The van der Waals surface area contributed by atoms with Crippen LogP contribution in [0.3, 0.4) is 0 Å². The van der Waals surface area contributed by atoms with Crippen molar-refractivity contribution in [1.82, 2.24) is 10.8 Å². The van der Waals surface area contributed by atoms with Crippen molar-refractivity contribution in [2.24, 2.45) is 0 Å². The van der Waals surface area contributed by atoms with Gasteiger partial charge in [0.1, 0.15) is 0 Å². The third kappa shape index (κ3) is 4.04. The third-order valence-electron chi connectivity index (χ3n) is 3.57. The van der Waals surface area contributed by atoms with Crippen LogP contribution in [-0.2, 0) is 16.2 Å². The van der Waals surface area contributed by atoms with Gasteiger partial charge >= 0.3 is 0 Å². The van der Waals surface area contributed by atoms with Gasteiger partial charge in [0.05, 0.1) is 12.7 Å². The fraction of sp³-hybridized carbons (Fsp3) is 0.353. The summed E-state index contributed by atoms with van der Waals surface area (Å²) in [5, 5.41) is 2.92. The Morgan fingerprint density at radius 2 is 2.04 bits per heavy atom. The summed E-state index contributed by atoms with van der Waals surface area (Å²) in [6.07, 6.45) is 1.89. The Balaban J connectivity index is 2.09. The quantitative estimate of drug-likeness (QED) is 0.479. The molecule has 1 amide bonds. The molecule has 0 atom stereocenters. The average Bonchev–Trinajstić information content (AvgIpc) is 3.00. The zero-order valence-corrected chi connectivity index (χ0v) is 13.9. The molecule has 0 saturated carbocycles. The Labute approximate surface area is 136 Å². The number of hydrogen-bond acceptors (Lipinski definition) is 5. The molecular weight excluding hydrogens is 296 g/mol. The Bertz CT molecular complexity index is 650. The number of nitrogens with one attached hydrogen (secondary N) is 2. The van der Waals surface area contributed by atoms with E-state index in [2.05, 4.69) is 10.8 Å². The van der Waals surface area contributed by atoms with Crippen molar-refractivity contribution in [1.29, 1.82) is 0 Å². The first-order valence-electron chi connectivity index (χ1n) is 7.36. The minimum Gasteiger partial charge on any atom is -0.454 e. The number of hydroxylamine groups is 1. The fourth-order valence-corrected chi connectivity index (χ4v) is 2.32. The zero-order chi connectivity index (χ0) is 16.8. The zero-order valence-electron chi connectivity index (χ0n) is 13.9. The lowest BCUT2D eigenvalue weighted by molar-refractivity contribution is -0.117. The Morgan fingerprint density at radius 3 is 2.74 bits per heavy atom. The maximum Gasteiger partial charge on any atom is 0.253 e. The summed E-state index contributed by atoms with van der Waals surface area (Å²) in [4.78, 5) is 17.4. The number of carbonyl (C=O) groups excluding carboxylic acids is 1. The van der Waals surface area contributed by atoms with Gasteiger partial charge < -0.3 is 14.8 Å². The van der Waals surface area contributed by atoms with Gasteiger partial charge in [-0.1, -0.05) is 12.1 Å². The van der Waals surface area contributed by atoms with E-state index < -0.39 is 0 Å². The Morgan fingerprint density at radius 1 is 1.30 bits per heavy atom. The van der Waals surface area contributed by atoms with Crippen LogP contribution in [0.5, 0.6) is 11.5 Å². The first-order valence-corrected chi connectivity index (χ1v) is 7.36. The van der Waals surface area contributed by atoms with Gasteiger partial charge in [-0.25, -0.2) is 0 Å². The maximum absolute atomic E-state index is 12.5. The molecule has 2 N–H and O–H groups in total. The van der Waals surface area contributed by atoms with E-state index in [9.17, 15) is 4.79 Å². The highest BCUT2D eigenvalue weighted by Crippen LogP contribution is 2.32. The predicted octanol–water partition coefficient (Wildman–Crippen LogP) is 2.42. The highest BCUT2D eigenvalue weighted by molar-refractivity contribution is 5.98. The highest BCUT2D eigenvalue weighted by atomic mass is 16.7. The van der Waals surface area contributed by atoms with Crippen LogP contribution in [-0.4, -0.2) is 19.8 Å². The lowest BCUT2D eigenvalue weighted by Gasteiger charge is -2.14. The van der Waals surface area contributed by atoms with Crippen LogP contribution in [0.2, 0.25) is 0 Å². The largest absolute Gasteiger partial charge is 0.454 e. The van der Waals surface area contributed by atoms with Gasteiger partial charge in [0.2, 0.25) is 6.79 Å². The van der Waals surface area contributed by atoms with Gasteiger partial charge in [-0.3, -0.25) is 15.1 Å². The topological polar surface area (TPSA) is 68.8 Å². The van der Waals surface area contributed by atoms with Gasteiger partial charge in [0.15, 0.2) is 11.5 Å². The molecule has 0 saturated heterocycles. The van der Waals surface area contributed by atoms with Crippen LogP contribution in [0, 0.1) is 0 Å². The molecule has 0 spiro atoms. The molecule has 0 unspecified atom stereocenters. The van der Waals surface area contributed by atoms with Crippen molar-refractivity contribution in [3.05, 3.63) is 46.7 Å². The molecule has 1 aliphatic rings. The van der Waals surface area contributed by atoms with Crippen molar-refractivity contribution < 1.29 is 19.1 Å². The van der Waals surface area contributed by atoms with E-state index in [4.69, 9.17) is 14.3 Å². The lowest BCUT2D eigenvalue weighted by atomic mass is 10.0. The van der Waals surface area contributed by atoms with Gasteiger partial charge in [-0.05, 0) is 44.0 Å². The second-order valence-electron chi connectivity index (χ2n) is 5.15. The van der Waals surface area contributed by atoms with E-state index in [-0.39, 0.29) is 12.7 Å². The SMILES string of the molecule is C/C=C(C)\C(C(=O)NCc1ccc2c(c1)OCO2)=C(\C)NOC. The number of amides is 1. The molecule has 6 nitrogen and oxygen atoms in total. The van der Waals surface area contributed by atoms with Crippen LogP contribution in [0.1, 0.15) is 26.3 Å². The molecule has 0 bridgehead atoms. The van der Waals surface area contributed by atoms with Gasteiger partial charge in [-0.15, -0.1) is 0 Å². The van der Waals surface area contributed by atoms with Crippen LogP contribution in [0.4, 0.5) is 0 Å². The molecule has 1 heterocycles. The summed E-state index contributed by atoms with van der Waals surface area (Å²) in [5.41, 5.74) is 5.75. The molecule has 1 aromatic rings. The molecule has 124 valence electrons. The fourth-order valence-electron chi connectivity index (χ4n) is 2.32. The molecule has 0 aromatic heterocycles. The lowest BCUT2D eigenvalue weighted by Crippen LogP contribution is -2.28. The minimum absolute atomic E-state index is 0.166. The van der Waals surface area contributed by atoms with E-state index in [0.29, 0.717) is 23.6 Å². The van der Waals surface area contributed by atoms with Crippen LogP contribution in [0.15, 0.2) is 41.1 Å². The van der Waals surface area contributed by atoms with Gasteiger partial charge in [0.25, 0.3) is 5.91 Å². The molecule has 0 fully saturated rings. The number of fused-ring (bicyclic) bond motifs is 1. The number of ether oxygens (including phenoxy) is 2. The molecule has 2 rings (SSSR count). The number of carbonyl (C=O) groups is 1. The number of benzene rings is 1. The van der Waals surface area contributed by atoms with E-state index in [0.717, 1.165) is 16.9 Å². The maximum atomic E-state index is 12.5. The van der Waals surface area contributed by atoms with Crippen molar-refractivity contribution in [2.75, 3.05) is 13.9 Å². The second kappa shape index (κ2) is 7.69. The Hall–Kier alpha value is -2.47. The minimum atomic E-state index is -0.166. The molecule has 6 heteroatoms. The van der Waals surface area contributed by atoms with E-state index in [1.54, 1.807) is 6.92 Å². The molecule has 0 aliphatic carbocycles. The summed E-state index contributed by atoms with van der Waals surface area (Å²) in [7, 11) is 1.51. The first-order chi connectivity index (χ1) is 11.1. The molecule has 1 aromatic carbocycles. The number of rotatable bonds is 6. The van der Waals surface area contributed by atoms with Gasteiger partial charge in [-0.2, -0.15) is 0 Å². The summed E-state index contributed by atoms with van der Waals surface area (Å²) < 4.78 is 10.6. The van der Waals surface area contributed by atoms with Crippen molar-refractivity contribution >= 4 is 5.91 Å². The van der Waals surface area contributed by atoms with Crippen LogP contribution < -0.4 is 20.3 Å².